The maximum atomic E-state index is 12.0. The Morgan fingerprint density at radius 1 is 1.50 bits per heavy atom. The molecule has 0 spiro atoms. The molecule has 0 unspecified atom stereocenters. The van der Waals surface area contributed by atoms with Crippen LogP contribution in [0.25, 0.3) is 0 Å². The highest BCUT2D eigenvalue weighted by Gasteiger charge is 2.19. The van der Waals surface area contributed by atoms with Gasteiger partial charge in [0.15, 0.2) is 0 Å². The molecule has 0 aliphatic carbocycles. The van der Waals surface area contributed by atoms with Crippen molar-refractivity contribution in [1.82, 2.24) is 15.3 Å². The Balaban J connectivity index is 2.02. The molecule has 0 radical (unpaired) electrons. The van der Waals surface area contributed by atoms with Crippen LogP contribution in [0.3, 0.4) is 0 Å². The molecule has 1 amide bonds. The standard InChI is InChI=1S/C12H11BrN4O3/c13-11-8(2-1-3-9(11)17(19)20)12(18)16-5-4-10-14-6-7-15-10/h1-3,6-7H,4-5H2,(H,14,15)(H,16,18). The summed E-state index contributed by atoms with van der Waals surface area (Å²) in [6, 6.07) is 4.34. The number of carbonyl (C=O) groups excluding carboxylic acids is 1. The second-order valence-electron chi connectivity index (χ2n) is 3.94. The molecule has 0 aliphatic heterocycles. The van der Waals surface area contributed by atoms with Crippen LogP contribution in [0.1, 0.15) is 16.2 Å². The number of halogens is 1. The van der Waals surface area contributed by atoms with Gasteiger partial charge in [0.25, 0.3) is 11.6 Å². The number of nitrogens with zero attached hydrogens (tertiary/aromatic N) is 2. The van der Waals surface area contributed by atoms with Crippen molar-refractivity contribution in [2.45, 2.75) is 6.42 Å². The molecule has 0 atom stereocenters. The minimum atomic E-state index is -0.538. The van der Waals surface area contributed by atoms with E-state index in [9.17, 15) is 14.9 Å². The quantitative estimate of drug-likeness (QED) is 0.643. The fourth-order valence-electron chi connectivity index (χ4n) is 1.66. The average molecular weight is 339 g/mol. The molecule has 104 valence electrons. The summed E-state index contributed by atoms with van der Waals surface area (Å²) >= 11 is 3.09. The van der Waals surface area contributed by atoms with Crippen LogP contribution in [0, 0.1) is 10.1 Å². The SMILES string of the molecule is O=C(NCCc1ncc[nH]1)c1cccc([N+](=O)[O-])c1Br. The summed E-state index contributed by atoms with van der Waals surface area (Å²) in [5.41, 5.74) is 0.0994. The molecule has 1 aromatic carbocycles. The molecule has 7 nitrogen and oxygen atoms in total. The zero-order valence-corrected chi connectivity index (χ0v) is 11.9. The van der Waals surface area contributed by atoms with Crippen LogP contribution < -0.4 is 5.32 Å². The van der Waals surface area contributed by atoms with E-state index in [1.54, 1.807) is 12.4 Å². The predicted octanol–water partition coefficient (Wildman–Crippen LogP) is 2.05. The van der Waals surface area contributed by atoms with E-state index in [2.05, 4.69) is 31.2 Å². The molecule has 1 heterocycles. The van der Waals surface area contributed by atoms with Gasteiger partial charge in [0.2, 0.25) is 0 Å². The van der Waals surface area contributed by atoms with E-state index >= 15 is 0 Å². The number of benzene rings is 1. The Morgan fingerprint density at radius 2 is 2.30 bits per heavy atom. The molecule has 2 aromatic rings. The largest absolute Gasteiger partial charge is 0.352 e. The summed E-state index contributed by atoms with van der Waals surface area (Å²) < 4.78 is 0.181. The lowest BCUT2D eigenvalue weighted by Gasteiger charge is -2.06. The van der Waals surface area contributed by atoms with Gasteiger partial charge in [-0.25, -0.2) is 4.98 Å². The first-order valence-electron chi connectivity index (χ1n) is 5.79. The first-order chi connectivity index (χ1) is 9.59. The molecule has 0 bridgehead atoms. The van der Waals surface area contributed by atoms with Crippen LogP contribution >= 0.6 is 15.9 Å². The number of aromatic amines is 1. The monoisotopic (exact) mass is 338 g/mol. The zero-order valence-electron chi connectivity index (χ0n) is 10.3. The summed E-state index contributed by atoms with van der Waals surface area (Å²) in [5.74, 6) is 0.399. The van der Waals surface area contributed by atoms with E-state index in [1.165, 1.54) is 18.2 Å². The highest BCUT2D eigenvalue weighted by Crippen LogP contribution is 2.28. The first kappa shape index (κ1) is 14.2. The van der Waals surface area contributed by atoms with Crippen molar-refractivity contribution >= 4 is 27.5 Å². The number of nitrogens with one attached hydrogen (secondary N) is 2. The van der Waals surface area contributed by atoms with Crippen LogP contribution in [0.2, 0.25) is 0 Å². The summed E-state index contributed by atoms with van der Waals surface area (Å²) in [7, 11) is 0. The summed E-state index contributed by atoms with van der Waals surface area (Å²) in [5, 5.41) is 13.5. The maximum absolute atomic E-state index is 12.0. The van der Waals surface area contributed by atoms with Gasteiger partial charge in [-0.05, 0) is 22.0 Å². The van der Waals surface area contributed by atoms with Gasteiger partial charge in [0.05, 0.1) is 10.5 Å². The van der Waals surface area contributed by atoms with E-state index in [4.69, 9.17) is 0 Å². The third-order valence-electron chi connectivity index (χ3n) is 2.62. The van der Waals surface area contributed by atoms with Crippen molar-refractivity contribution < 1.29 is 9.72 Å². The van der Waals surface area contributed by atoms with Crippen molar-refractivity contribution in [3.63, 3.8) is 0 Å². The van der Waals surface area contributed by atoms with E-state index < -0.39 is 4.92 Å². The number of hydrogen-bond acceptors (Lipinski definition) is 4. The van der Waals surface area contributed by atoms with Crippen LogP contribution in [0.4, 0.5) is 5.69 Å². The van der Waals surface area contributed by atoms with Crippen molar-refractivity contribution in [3.05, 3.63) is 56.6 Å². The molecule has 2 N–H and O–H groups in total. The Labute approximate surface area is 122 Å². The van der Waals surface area contributed by atoms with Gasteiger partial charge in [-0.2, -0.15) is 0 Å². The van der Waals surface area contributed by atoms with Crippen molar-refractivity contribution in [2.75, 3.05) is 6.54 Å². The molecule has 0 saturated carbocycles. The average Bonchev–Trinajstić information content (AvgIpc) is 2.91. The fraction of sp³-hybridized carbons (Fsp3) is 0.167. The van der Waals surface area contributed by atoms with Crippen molar-refractivity contribution in [3.8, 4) is 0 Å². The van der Waals surface area contributed by atoms with Crippen LogP contribution in [0.5, 0.6) is 0 Å². The van der Waals surface area contributed by atoms with Crippen molar-refractivity contribution in [1.29, 1.82) is 0 Å². The minimum Gasteiger partial charge on any atom is -0.352 e. The lowest BCUT2D eigenvalue weighted by molar-refractivity contribution is -0.385. The van der Waals surface area contributed by atoms with E-state index in [0.29, 0.717) is 13.0 Å². The molecule has 0 saturated heterocycles. The number of hydrogen-bond donors (Lipinski definition) is 2. The second-order valence-corrected chi connectivity index (χ2v) is 4.73. The Hall–Kier alpha value is -2.22. The third kappa shape index (κ3) is 3.21. The van der Waals surface area contributed by atoms with Gasteiger partial charge in [-0.1, -0.05) is 6.07 Å². The maximum Gasteiger partial charge on any atom is 0.284 e. The van der Waals surface area contributed by atoms with Crippen LogP contribution in [-0.2, 0) is 6.42 Å². The lowest BCUT2D eigenvalue weighted by atomic mass is 10.2. The normalized spacial score (nSPS) is 10.2. The molecule has 8 heteroatoms. The number of aromatic nitrogens is 2. The summed E-state index contributed by atoms with van der Waals surface area (Å²) in [4.78, 5) is 29.2. The topological polar surface area (TPSA) is 101 Å². The number of carbonyl (C=O) groups is 1. The van der Waals surface area contributed by atoms with Gasteiger partial charge in [-0.15, -0.1) is 0 Å². The van der Waals surface area contributed by atoms with Crippen LogP contribution in [-0.4, -0.2) is 27.3 Å². The number of imidazole rings is 1. The number of H-pyrrole nitrogens is 1. The van der Waals surface area contributed by atoms with Gasteiger partial charge < -0.3 is 10.3 Å². The van der Waals surface area contributed by atoms with Gasteiger partial charge in [-0.3, -0.25) is 14.9 Å². The highest BCUT2D eigenvalue weighted by atomic mass is 79.9. The zero-order chi connectivity index (χ0) is 14.5. The fourth-order valence-corrected chi connectivity index (χ4v) is 2.25. The molecule has 20 heavy (non-hydrogen) atoms. The Morgan fingerprint density at radius 3 is 2.95 bits per heavy atom. The third-order valence-corrected chi connectivity index (χ3v) is 3.46. The minimum absolute atomic E-state index is 0.135. The first-order valence-corrected chi connectivity index (χ1v) is 6.58. The highest BCUT2D eigenvalue weighted by molar-refractivity contribution is 9.10. The molecule has 2 rings (SSSR count). The smallest absolute Gasteiger partial charge is 0.284 e. The number of nitro benzene ring substituents is 1. The lowest BCUT2D eigenvalue weighted by Crippen LogP contribution is -2.26. The predicted molar refractivity (Wildman–Crippen MR) is 75.4 cm³/mol. The molecule has 1 aromatic heterocycles. The van der Waals surface area contributed by atoms with Crippen molar-refractivity contribution in [2.24, 2.45) is 0 Å². The van der Waals surface area contributed by atoms with E-state index in [-0.39, 0.29) is 21.6 Å². The van der Waals surface area contributed by atoms with Gasteiger partial charge in [0, 0.05) is 31.4 Å². The van der Waals surface area contributed by atoms with E-state index in [1.807, 2.05) is 0 Å². The molecule has 0 fully saturated rings. The van der Waals surface area contributed by atoms with Gasteiger partial charge in [0.1, 0.15) is 10.3 Å². The molecule has 0 aliphatic rings. The number of amides is 1. The van der Waals surface area contributed by atoms with E-state index in [0.717, 1.165) is 5.82 Å². The Bertz CT molecular complexity index is 628. The summed E-state index contributed by atoms with van der Waals surface area (Å²) in [6.07, 6.45) is 3.90. The second kappa shape index (κ2) is 6.29. The summed E-state index contributed by atoms with van der Waals surface area (Å²) in [6.45, 7) is 0.390. The van der Waals surface area contributed by atoms with Gasteiger partial charge >= 0.3 is 0 Å². The Kier molecular flexibility index (Phi) is 4.46. The molecular weight excluding hydrogens is 328 g/mol. The number of nitro groups is 1. The number of rotatable bonds is 5. The van der Waals surface area contributed by atoms with Crippen LogP contribution in [0.15, 0.2) is 35.1 Å². The molecular formula is C12H11BrN4O3.